The summed E-state index contributed by atoms with van der Waals surface area (Å²) >= 11 is 6.28. The second-order valence-electron chi connectivity index (χ2n) is 10.5. The third-order valence-corrected chi connectivity index (χ3v) is 7.52. The van der Waals surface area contributed by atoms with Gasteiger partial charge in [0.05, 0.1) is 6.61 Å². The summed E-state index contributed by atoms with van der Waals surface area (Å²) in [7, 11) is 0. The molecular weight excluding hydrogens is 508 g/mol. The third kappa shape index (κ3) is 9.14. The van der Waals surface area contributed by atoms with Crippen molar-refractivity contribution in [3.63, 3.8) is 0 Å². The summed E-state index contributed by atoms with van der Waals surface area (Å²) in [6.45, 7) is 2.78. The van der Waals surface area contributed by atoms with Gasteiger partial charge >= 0.3 is 0 Å². The first-order valence-corrected chi connectivity index (χ1v) is 14.4. The fraction of sp³-hybridized carbons (Fsp3) is 0.394. The number of halogens is 1. The van der Waals surface area contributed by atoms with E-state index >= 15 is 0 Å². The van der Waals surface area contributed by atoms with Gasteiger partial charge in [0.2, 0.25) is 11.8 Å². The molecule has 0 aliphatic heterocycles. The number of hydrogen-bond acceptors (Lipinski definition) is 3. The van der Waals surface area contributed by atoms with Gasteiger partial charge in [0, 0.05) is 30.5 Å². The Morgan fingerprint density at radius 3 is 2.38 bits per heavy atom. The first-order chi connectivity index (χ1) is 19.0. The Labute approximate surface area is 237 Å². The summed E-state index contributed by atoms with van der Waals surface area (Å²) in [6, 6.07) is 24.9. The van der Waals surface area contributed by atoms with Crippen LogP contribution in [0.5, 0.6) is 5.75 Å². The largest absolute Gasteiger partial charge is 0.494 e. The van der Waals surface area contributed by atoms with Crippen molar-refractivity contribution >= 4 is 23.4 Å². The summed E-state index contributed by atoms with van der Waals surface area (Å²) in [6.07, 6.45) is 6.73. The van der Waals surface area contributed by atoms with Crippen LogP contribution in [0.25, 0.3) is 0 Å². The average molecular weight is 547 g/mol. The highest BCUT2D eigenvalue weighted by molar-refractivity contribution is 6.30. The number of carbonyl (C=O) groups excluding carboxylic acids is 2. The number of rotatable bonds is 12. The monoisotopic (exact) mass is 546 g/mol. The molecule has 0 unspecified atom stereocenters. The normalized spacial score (nSPS) is 14.4. The van der Waals surface area contributed by atoms with Gasteiger partial charge < -0.3 is 15.0 Å². The molecule has 1 aliphatic rings. The van der Waals surface area contributed by atoms with Gasteiger partial charge in [-0.1, -0.05) is 91.0 Å². The van der Waals surface area contributed by atoms with Crippen molar-refractivity contribution in [1.29, 1.82) is 0 Å². The van der Waals surface area contributed by atoms with Crippen molar-refractivity contribution in [1.82, 2.24) is 10.2 Å². The van der Waals surface area contributed by atoms with Gasteiger partial charge in [0.25, 0.3) is 0 Å². The van der Waals surface area contributed by atoms with Crippen LogP contribution in [-0.4, -0.2) is 35.4 Å². The number of nitrogens with one attached hydrogen (secondary N) is 1. The topological polar surface area (TPSA) is 58.6 Å². The van der Waals surface area contributed by atoms with Gasteiger partial charge in [-0.05, 0) is 61.6 Å². The predicted octanol–water partition coefficient (Wildman–Crippen LogP) is 6.90. The summed E-state index contributed by atoms with van der Waals surface area (Å²) < 4.78 is 5.86. The fourth-order valence-corrected chi connectivity index (χ4v) is 5.33. The van der Waals surface area contributed by atoms with Crippen LogP contribution in [0.3, 0.4) is 0 Å². The van der Waals surface area contributed by atoms with Crippen molar-refractivity contribution in [3.05, 3.63) is 101 Å². The highest BCUT2D eigenvalue weighted by Gasteiger charge is 2.31. The highest BCUT2D eigenvalue weighted by atomic mass is 35.5. The Morgan fingerprint density at radius 1 is 0.949 bits per heavy atom. The smallest absolute Gasteiger partial charge is 0.243 e. The molecule has 1 saturated carbocycles. The Kier molecular flexibility index (Phi) is 10.8. The van der Waals surface area contributed by atoms with Crippen LogP contribution < -0.4 is 10.1 Å². The molecule has 0 spiro atoms. The molecule has 0 saturated heterocycles. The zero-order chi connectivity index (χ0) is 27.5. The molecule has 1 fully saturated rings. The average Bonchev–Trinajstić information content (AvgIpc) is 2.95. The van der Waals surface area contributed by atoms with E-state index in [1.54, 1.807) is 4.90 Å². The van der Waals surface area contributed by atoms with Crippen LogP contribution in [0.4, 0.5) is 0 Å². The minimum absolute atomic E-state index is 0.0674. The van der Waals surface area contributed by atoms with Gasteiger partial charge in [-0.15, -0.1) is 0 Å². The van der Waals surface area contributed by atoms with E-state index in [1.165, 1.54) is 12.0 Å². The first-order valence-electron chi connectivity index (χ1n) is 14.1. The van der Waals surface area contributed by atoms with E-state index < -0.39 is 6.04 Å². The maximum Gasteiger partial charge on any atom is 0.243 e. The minimum Gasteiger partial charge on any atom is -0.494 e. The summed E-state index contributed by atoms with van der Waals surface area (Å²) in [4.78, 5) is 29.3. The van der Waals surface area contributed by atoms with Crippen molar-refractivity contribution in [2.45, 2.75) is 76.9 Å². The van der Waals surface area contributed by atoms with Gasteiger partial charge in [0.1, 0.15) is 11.8 Å². The fourth-order valence-electron chi connectivity index (χ4n) is 5.12. The number of benzene rings is 3. The number of hydrogen-bond donors (Lipinski definition) is 1. The first kappa shape index (κ1) is 28.7. The van der Waals surface area contributed by atoms with Crippen LogP contribution in [0.2, 0.25) is 5.02 Å². The van der Waals surface area contributed by atoms with Gasteiger partial charge in [-0.2, -0.15) is 0 Å². The molecule has 206 valence electrons. The van der Waals surface area contributed by atoms with Crippen LogP contribution in [0, 0.1) is 6.92 Å². The molecule has 39 heavy (non-hydrogen) atoms. The van der Waals surface area contributed by atoms with Gasteiger partial charge in [-0.25, -0.2) is 0 Å². The molecule has 5 nitrogen and oxygen atoms in total. The van der Waals surface area contributed by atoms with Crippen molar-refractivity contribution in [2.75, 3.05) is 6.61 Å². The maximum atomic E-state index is 13.8. The van der Waals surface area contributed by atoms with Gasteiger partial charge in [-0.3, -0.25) is 9.59 Å². The van der Waals surface area contributed by atoms with E-state index in [9.17, 15) is 9.59 Å². The van der Waals surface area contributed by atoms with E-state index in [-0.39, 0.29) is 24.3 Å². The Hall–Kier alpha value is -3.31. The Balaban J connectivity index is 1.51. The molecule has 0 bridgehead atoms. The van der Waals surface area contributed by atoms with Gasteiger partial charge in [0.15, 0.2) is 0 Å². The molecule has 0 aromatic heterocycles. The molecule has 6 heteroatoms. The van der Waals surface area contributed by atoms with Crippen molar-refractivity contribution in [3.8, 4) is 5.75 Å². The molecule has 4 rings (SSSR count). The lowest BCUT2D eigenvalue weighted by atomic mass is 9.94. The zero-order valence-electron chi connectivity index (χ0n) is 22.8. The quantitative estimate of drug-likeness (QED) is 0.251. The minimum atomic E-state index is -0.626. The van der Waals surface area contributed by atoms with E-state index in [0.29, 0.717) is 31.0 Å². The summed E-state index contributed by atoms with van der Waals surface area (Å²) in [5.74, 6) is 0.636. The molecule has 3 aromatic carbocycles. The molecule has 1 aliphatic carbocycles. The summed E-state index contributed by atoms with van der Waals surface area (Å²) in [5.41, 5.74) is 3.09. The molecule has 2 amide bonds. The second-order valence-corrected chi connectivity index (χ2v) is 10.9. The van der Waals surface area contributed by atoms with E-state index in [0.717, 1.165) is 42.6 Å². The van der Waals surface area contributed by atoms with E-state index in [2.05, 4.69) is 5.32 Å². The zero-order valence-corrected chi connectivity index (χ0v) is 23.5. The van der Waals surface area contributed by atoms with E-state index in [4.69, 9.17) is 16.3 Å². The number of carbonyl (C=O) groups is 2. The maximum absolute atomic E-state index is 13.8. The molecule has 0 radical (unpaired) electrons. The molecule has 3 aromatic rings. The molecule has 1 atom stereocenters. The van der Waals surface area contributed by atoms with Crippen LogP contribution in [-0.2, 0) is 22.6 Å². The van der Waals surface area contributed by atoms with Crippen LogP contribution in [0.1, 0.15) is 61.6 Å². The molecule has 1 N–H and O–H groups in total. The van der Waals surface area contributed by atoms with E-state index in [1.807, 2.05) is 85.8 Å². The standard InChI is InChI=1S/C33H39ClN2O3/c1-25-17-19-30(20-18-25)39-21-9-16-32(37)36(24-27-12-8-13-28(34)22-27)31(23-26-10-4-2-5-11-26)33(38)35-29-14-6-3-7-15-29/h2,4-5,8,10-13,17-20,22,29,31H,3,6-7,9,14-16,21,23-24H2,1H3,(H,35,38)/t31-/m1/s1. The number of ether oxygens (including phenoxy) is 1. The van der Waals surface area contributed by atoms with Crippen molar-refractivity contribution in [2.24, 2.45) is 0 Å². The number of amides is 2. The van der Waals surface area contributed by atoms with Crippen molar-refractivity contribution < 1.29 is 14.3 Å². The lowest BCUT2D eigenvalue weighted by Crippen LogP contribution is -2.52. The number of nitrogens with zero attached hydrogens (tertiary/aromatic N) is 1. The third-order valence-electron chi connectivity index (χ3n) is 7.29. The lowest BCUT2D eigenvalue weighted by molar-refractivity contribution is -0.141. The Bertz CT molecular complexity index is 1190. The number of aryl methyl sites for hydroxylation is 1. The van der Waals surface area contributed by atoms with Crippen LogP contribution in [0.15, 0.2) is 78.9 Å². The molecule has 0 heterocycles. The van der Waals surface area contributed by atoms with Crippen LogP contribution >= 0.6 is 11.6 Å². The lowest BCUT2D eigenvalue weighted by Gasteiger charge is -2.33. The summed E-state index contributed by atoms with van der Waals surface area (Å²) in [5, 5.41) is 3.89. The highest BCUT2D eigenvalue weighted by Crippen LogP contribution is 2.21. The SMILES string of the molecule is Cc1ccc(OCCCC(=O)N(Cc2cccc(Cl)c2)[C@H](Cc2ccccc2)C(=O)NC2CCCCC2)cc1. The predicted molar refractivity (Wildman–Crippen MR) is 157 cm³/mol. The molecular formula is C33H39ClN2O3. The second kappa shape index (κ2) is 14.7. The Morgan fingerprint density at radius 2 is 1.67 bits per heavy atom.